The average Bonchev–Trinajstić information content (AvgIpc) is 3.14. The van der Waals surface area contributed by atoms with E-state index in [2.05, 4.69) is 29.6 Å². The quantitative estimate of drug-likeness (QED) is 0.868. The summed E-state index contributed by atoms with van der Waals surface area (Å²) in [6.45, 7) is 7.34. The number of ether oxygens (including phenoxy) is 1. The van der Waals surface area contributed by atoms with Crippen molar-refractivity contribution in [3.05, 3.63) is 35.4 Å². The minimum atomic E-state index is -0.417. The first-order valence-electron chi connectivity index (χ1n) is 7.97. The number of esters is 1. The summed E-state index contributed by atoms with van der Waals surface area (Å²) < 4.78 is 5.57. The van der Waals surface area contributed by atoms with Gasteiger partial charge in [0.25, 0.3) is 0 Å². The van der Waals surface area contributed by atoms with Crippen LogP contribution in [0.4, 0.5) is 0 Å². The molecule has 0 aromatic heterocycles. The Morgan fingerprint density at radius 2 is 1.71 bits per heavy atom. The van der Waals surface area contributed by atoms with Crippen molar-refractivity contribution in [1.29, 1.82) is 0 Å². The highest BCUT2D eigenvalue weighted by atomic mass is 16.6. The third-order valence-corrected chi connectivity index (χ3v) is 4.34. The fourth-order valence-electron chi connectivity index (χ4n) is 3.09. The van der Waals surface area contributed by atoms with Crippen LogP contribution in [0.25, 0.3) is 0 Å². The van der Waals surface area contributed by atoms with Gasteiger partial charge in [0.15, 0.2) is 0 Å². The van der Waals surface area contributed by atoms with Crippen LogP contribution in [-0.2, 0) is 9.53 Å². The van der Waals surface area contributed by atoms with Gasteiger partial charge >= 0.3 is 5.97 Å². The molecule has 1 aliphatic carbocycles. The molecule has 3 nitrogen and oxygen atoms in total. The van der Waals surface area contributed by atoms with Gasteiger partial charge in [-0.15, -0.1) is 0 Å². The maximum Gasteiger partial charge on any atom is 0.311 e. The number of carbonyl (C=O) groups is 1. The molecule has 2 atom stereocenters. The molecule has 1 heterocycles. The van der Waals surface area contributed by atoms with Gasteiger partial charge in [-0.25, -0.2) is 0 Å². The molecule has 3 heteroatoms. The number of rotatable bonds is 3. The van der Waals surface area contributed by atoms with Gasteiger partial charge < -0.3 is 10.1 Å². The fourth-order valence-corrected chi connectivity index (χ4v) is 3.09. The maximum absolute atomic E-state index is 12.4. The molecule has 1 N–H and O–H groups in total. The second-order valence-corrected chi connectivity index (χ2v) is 7.35. The largest absolute Gasteiger partial charge is 0.460 e. The monoisotopic (exact) mass is 287 g/mol. The van der Waals surface area contributed by atoms with E-state index in [9.17, 15) is 4.79 Å². The summed E-state index contributed by atoms with van der Waals surface area (Å²) >= 11 is 0. The van der Waals surface area contributed by atoms with Gasteiger partial charge in [0, 0.05) is 19.0 Å². The molecule has 0 radical (unpaired) electrons. The molecule has 0 bridgehead atoms. The zero-order valence-electron chi connectivity index (χ0n) is 13.2. The number of nitrogens with one attached hydrogen (secondary N) is 1. The van der Waals surface area contributed by atoms with Crippen LogP contribution in [0.3, 0.4) is 0 Å². The van der Waals surface area contributed by atoms with E-state index in [1.807, 2.05) is 20.8 Å². The summed E-state index contributed by atoms with van der Waals surface area (Å²) in [6.07, 6.45) is 2.65. The molecule has 0 unspecified atom stereocenters. The predicted octanol–water partition coefficient (Wildman–Crippen LogP) is 3.21. The summed E-state index contributed by atoms with van der Waals surface area (Å²) in [6, 6.07) is 8.86. The molecule has 1 aromatic carbocycles. The Labute approximate surface area is 127 Å². The predicted molar refractivity (Wildman–Crippen MR) is 83.4 cm³/mol. The van der Waals surface area contributed by atoms with E-state index < -0.39 is 5.60 Å². The molecule has 1 saturated heterocycles. The van der Waals surface area contributed by atoms with Crippen LogP contribution < -0.4 is 5.32 Å². The molecule has 0 amide bonds. The topological polar surface area (TPSA) is 38.3 Å². The van der Waals surface area contributed by atoms with Gasteiger partial charge in [0.05, 0.1) is 5.92 Å². The molecule has 2 aliphatic rings. The lowest BCUT2D eigenvalue weighted by molar-refractivity contribution is -0.159. The van der Waals surface area contributed by atoms with E-state index in [4.69, 9.17) is 4.74 Å². The normalized spacial score (nSPS) is 25.9. The van der Waals surface area contributed by atoms with Crippen molar-refractivity contribution < 1.29 is 9.53 Å². The maximum atomic E-state index is 12.4. The highest BCUT2D eigenvalue weighted by molar-refractivity contribution is 5.75. The lowest BCUT2D eigenvalue weighted by Crippen LogP contribution is -2.31. The standard InChI is InChI=1S/C18H25NO2/c1-18(2,3)21-17(20)16-11-19-10-15(16)14-8-6-13(7-9-14)12-4-5-12/h6-9,12,15-16,19H,4-5,10-11H2,1-3H3/t15-,16+/m0/s1. The molecule has 3 rings (SSSR count). The van der Waals surface area contributed by atoms with Crippen molar-refractivity contribution in [3.8, 4) is 0 Å². The summed E-state index contributed by atoms with van der Waals surface area (Å²) in [5.41, 5.74) is 2.28. The lowest BCUT2D eigenvalue weighted by atomic mass is 9.88. The molecular formula is C18H25NO2. The van der Waals surface area contributed by atoms with Crippen molar-refractivity contribution in [3.63, 3.8) is 0 Å². The lowest BCUT2D eigenvalue weighted by Gasteiger charge is -2.24. The van der Waals surface area contributed by atoms with Crippen molar-refractivity contribution in [2.24, 2.45) is 5.92 Å². The van der Waals surface area contributed by atoms with Crippen LogP contribution in [-0.4, -0.2) is 24.7 Å². The van der Waals surface area contributed by atoms with Gasteiger partial charge in [0.1, 0.15) is 5.60 Å². The second-order valence-electron chi connectivity index (χ2n) is 7.35. The van der Waals surface area contributed by atoms with Crippen LogP contribution in [0.5, 0.6) is 0 Å². The molecular weight excluding hydrogens is 262 g/mol. The summed E-state index contributed by atoms with van der Waals surface area (Å²) in [4.78, 5) is 12.4. The minimum absolute atomic E-state index is 0.0731. The molecule has 0 spiro atoms. The van der Waals surface area contributed by atoms with Crippen LogP contribution in [0.2, 0.25) is 0 Å². The highest BCUT2D eigenvalue weighted by Crippen LogP contribution is 2.40. The van der Waals surface area contributed by atoms with Gasteiger partial charge in [-0.2, -0.15) is 0 Å². The van der Waals surface area contributed by atoms with Gasteiger partial charge in [-0.05, 0) is 50.7 Å². The SMILES string of the molecule is CC(C)(C)OC(=O)[C@@H]1CNC[C@H]1c1ccc(C2CC2)cc1. The zero-order chi connectivity index (χ0) is 15.0. The molecule has 1 aromatic rings. The number of hydrogen-bond donors (Lipinski definition) is 1. The zero-order valence-corrected chi connectivity index (χ0v) is 13.2. The minimum Gasteiger partial charge on any atom is -0.460 e. The average molecular weight is 287 g/mol. The third kappa shape index (κ3) is 3.46. The van der Waals surface area contributed by atoms with Crippen molar-refractivity contribution in [2.45, 2.75) is 51.0 Å². The highest BCUT2D eigenvalue weighted by Gasteiger charge is 2.37. The second kappa shape index (κ2) is 5.45. The Bertz CT molecular complexity index is 511. The Morgan fingerprint density at radius 3 is 2.29 bits per heavy atom. The third-order valence-electron chi connectivity index (χ3n) is 4.34. The van der Waals surface area contributed by atoms with Crippen molar-refractivity contribution in [2.75, 3.05) is 13.1 Å². The van der Waals surface area contributed by atoms with Crippen LogP contribution in [0, 0.1) is 5.92 Å². The van der Waals surface area contributed by atoms with Crippen LogP contribution in [0.15, 0.2) is 24.3 Å². The Kier molecular flexibility index (Phi) is 3.78. The van der Waals surface area contributed by atoms with E-state index in [1.165, 1.54) is 24.0 Å². The van der Waals surface area contributed by atoms with E-state index in [-0.39, 0.29) is 17.8 Å². The Morgan fingerprint density at radius 1 is 1.10 bits per heavy atom. The molecule has 1 saturated carbocycles. The van der Waals surface area contributed by atoms with Crippen LogP contribution in [0.1, 0.15) is 56.6 Å². The van der Waals surface area contributed by atoms with E-state index >= 15 is 0 Å². The van der Waals surface area contributed by atoms with Gasteiger partial charge in [-0.1, -0.05) is 24.3 Å². The fraction of sp³-hybridized carbons (Fsp3) is 0.611. The number of hydrogen-bond acceptors (Lipinski definition) is 3. The Hall–Kier alpha value is -1.35. The molecule has 2 fully saturated rings. The van der Waals surface area contributed by atoms with E-state index in [0.29, 0.717) is 6.54 Å². The van der Waals surface area contributed by atoms with Crippen LogP contribution >= 0.6 is 0 Å². The Balaban J connectivity index is 1.72. The van der Waals surface area contributed by atoms with E-state index in [0.717, 1.165) is 12.5 Å². The summed E-state index contributed by atoms with van der Waals surface area (Å²) in [5.74, 6) is 0.857. The van der Waals surface area contributed by atoms with Crippen molar-refractivity contribution >= 4 is 5.97 Å². The smallest absolute Gasteiger partial charge is 0.311 e. The van der Waals surface area contributed by atoms with Gasteiger partial charge in [-0.3, -0.25) is 4.79 Å². The van der Waals surface area contributed by atoms with Gasteiger partial charge in [0.2, 0.25) is 0 Å². The summed E-state index contributed by atoms with van der Waals surface area (Å²) in [7, 11) is 0. The first kappa shape index (κ1) is 14.6. The number of benzene rings is 1. The first-order valence-corrected chi connectivity index (χ1v) is 7.97. The molecule has 114 valence electrons. The number of carbonyl (C=O) groups excluding carboxylic acids is 1. The molecule has 21 heavy (non-hydrogen) atoms. The summed E-state index contributed by atoms with van der Waals surface area (Å²) in [5, 5.41) is 3.34. The van der Waals surface area contributed by atoms with Crippen molar-refractivity contribution in [1.82, 2.24) is 5.32 Å². The first-order chi connectivity index (χ1) is 9.94. The molecule has 1 aliphatic heterocycles. The van der Waals surface area contributed by atoms with E-state index in [1.54, 1.807) is 0 Å².